The van der Waals surface area contributed by atoms with E-state index < -0.39 is 34.1 Å². The summed E-state index contributed by atoms with van der Waals surface area (Å²) >= 11 is 0. The number of benzene rings is 1. The van der Waals surface area contributed by atoms with E-state index in [9.17, 15) is 27.1 Å². The van der Waals surface area contributed by atoms with E-state index in [1.165, 1.54) is 24.3 Å². The molecule has 122 valence electrons. The topological polar surface area (TPSA) is 71.4 Å². The Kier molecular flexibility index (Phi) is 4.84. The van der Waals surface area contributed by atoms with Crippen molar-refractivity contribution in [2.75, 3.05) is 6.26 Å². The van der Waals surface area contributed by atoms with Gasteiger partial charge in [0, 0.05) is 6.26 Å². The standard InChI is InChI=1S/C15H18F2O4S/c1-22(20,21)11-4-2-10(3-5-11)12(15(18)19)6-9-7-13(16)14(17)8-9/h2-5,9,12-14H,6-8H2,1H3,(H,18,19)/t9-,12?,13-,14+. The number of halogens is 2. The third-order valence-electron chi connectivity index (χ3n) is 4.09. The first-order chi connectivity index (χ1) is 10.2. The van der Waals surface area contributed by atoms with Gasteiger partial charge in [0.1, 0.15) is 12.3 Å². The van der Waals surface area contributed by atoms with Gasteiger partial charge in [0.25, 0.3) is 0 Å². The number of hydrogen-bond acceptors (Lipinski definition) is 3. The molecule has 0 aliphatic heterocycles. The van der Waals surface area contributed by atoms with E-state index in [1.54, 1.807) is 0 Å². The van der Waals surface area contributed by atoms with E-state index in [-0.39, 0.29) is 30.1 Å². The minimum atomic E-state index is -3.35. The molecule has 1 aliphatic carbocycles. The number of rotatable bonds is 5. The molecule has 0 bridgehead atoms. The number of sulfone groups is 1. The van der Waals surface area contributed by atoms with Crippen LogP contribution in [0.3, 0.4) is 0 Å². The van der Waals surface area contributed by atoms with Gasteiger partial charge < -0.3 is 5.11 Å². The van der Waals surface area contributed by atoms with Crippen LogP contribution in [0.25, 0.3) is 0 Å². The molecule has 4 atom stereocenters. The van der Waals surface area contributed by atoms with Crippen LogP contribution in [-0.2, 0) is 14.6 Å². The second-order valence-electron chi connectivity index (χ2n) is 5.84. The fourth-order valence-corrected chi connectivity index (χ4v) is 3.51. The monoisotopic (exact) mass is 332 g/mol. The highest BCUT2D eigenvalue weighted by molar-refractivity contribution is 7.90. The molecule has 0 spiro atoms. The zero-order valence-electron chi connectivity index (χ0n) is 12.1. The Morgan fingerprint density at radius 3 is 2.14 bits per heavy atom. The predicted octanol–water partition coefficient (Wildman–Crippen LogP) is 2.73. The van der Waals surface area contributed by atoms with E-state index in [0.29, 0.717) is 5.56 Å². The second-order valence-corrected chi connectivity index (χ2v) is 7.85. The molecule has 1 saturated carbocycles. The summed E-state index contributed by atoms with van der Waals surface area (Å²) in [6.07, 6.45) is -1.76. The molecule has 1 N–H and O–H groups in total. The smallest absolute Gasteiger partial charge is 0.310 e. The Labute approximate surface area is 128 Å². The highest BCUT2D eigenvalue weighted by Crippen LogP contribution is 2.37. The minimum absolute atomic E-state index is 0.0341. The van der Waals surface area contributed by atoms with Crippen molar-refractivity contribution >= 4 is 15.8 Å². The van der Waals surface area contributed by atoms with Gasteiger partial charge in [0.15, 0.2) is 9.84 Å². The van der Waals surface area contributed by atoms with Crippen LogP contribution >= 0.6 is 0 Å². The Bertz CT molecular complexity index is 632. The maximum Gasteiger partial charge on any atom is 0.310 e. The van der Waals surface area contributed by atoms with Gasteiger partial charge >= 0.3 is 5.97 Å². The zero-order valence-corrected chi connectivity index (χ0v) is 12.9. The maximum absolute atomic E-state index is 13.2. The summed E-state index contributed by atoms with van der Waals surface area (Å²) in [5.74, 6) is -2.29. The van der Waals surface area contributed by atoms with Crippen LogP contribution in [-0.4, -0.2) is 38.1 Å². The fourth-order valence-electron chi connectivity index (χ4n) is 2.88. The summed E-state index contributed by atoms with van der Waals surface area (Å²) in [7, 11) is -3.35. The minimum Gasteiger partial charge on any atom is -0.481 e. The lowest BCUT2D eigenvalue weighted by Gasteiger charge is -2.17. The van der Waals surface area contributed by atoms with Crippen molar-refractivity contribution in [3.63, 3.8) is 0 Å². The molecule has 0 radical (unpaired) electrons. The first-order valence-electron chi connectivity index (χ1n) is 6.99. The Hall–Kier alpha value is -1.50. The molecule has 0 amide bonds. The van der Waals surface area contributed by atoms with Crippen LogP contribution in [0.4, 0.5) is 8.78 Å². The van der Waals surface area contributed by atoms with E-state index in [2.05, 4.69) is 0 Å². The predicted molar refractivity (Wildman–Crippen MR) is 77.1 cm³/mol. The number of aliphatic carboxylic acids is 1. The van der Waals surface area contributed by atoms with E-state index in [1.807, 2.05) is 0 Å². The van der Waals surface area contributed by atoms with Crippen LogP contribution < -0.4 is 0 Å². The molecule has 1 aromatic rings. The van der Waals surface area contributed by atoms with Gasteiger partial charge in [-0.05, 0) is 42.9 Å². The van der Waals surface area contributed by atoms with Crippen LogP contribution in [0.1, 0.15) is 30.7 Å². The Morgan fingerprint density at radius 2 is 1.73 bits per heavy atom. The molecule has 2 rings (SSSR count). The lowest BCUT2D eigenvalue weighted by molar-refractivity contribution is -0.139. The van der Waals surface area contributed by atoms with Crippen LogP contribution in [0.2, 0.25) is 0 Å². The number of carbonyl (C=O) groups is 1. The van der Waals surface area contributed by atoms with Crippen molar-refractivity contribution in [1.82, 2.24) is 0 Å². The largest absolute Gasteiger partial charge is 0.481 e. The highest BCUT2D eigenvalue weighted by Gasteiger charge is 2.37. The third kappa shape index (κ3) is 3.82. The van der Waals surface area contributed by atoms with E-state index >= 15 is 0 Å². The summed E-state index contributed by atoms with van der Waals surface area (Å²) in [6.45, 7) is 0. The molecule has 7 heteroatoms. The first-order valence-corrected chi connectivity index (χ1v) is 8.88. The lowest BCUT2D eigenvalue weighted by Crippen LogP contribution is -2.15. The molecule has 0 saturated heterocycles. The van der Waals surface area contributed by atoms with Crippen molar-refractivity contribution in [3.05, 3.63) is 29.8 Å². The molecule has 1 fully saturated rings. The molecule has 4 nitrogen and oxygen atoms in total. The van der Waals surface area contributed by atoms with Gasteiger partial charge in [0.2, 0.25) is 0 Å². The average molecular weight is 332 g/mol. The van der Waals surface area contributed by atoms with Crippen LogP contribution in [0, 0.1) is 5.92 Å². The van der Waals surface area contributed by atoms with Crippen LogP contribution in [0.15, 0.2) is 29.2 Å². The molecular formula is C15H18F2O4S. The quantitative estimate of drug-likeness (QED) is 0.900. The molecule has 22 heavy (non-hydrogen) atoms. The summed E-state index contributed by atoms with van der Waals surface area (Å²) in [5, 5.41) is 9.34. The third-order valence-corrected chi connectivity index (χ3v) is 5.22. The van der Waals surface area contributed by atoms with Crippen LogP contribution in [0.5, 0.6) is 0 Å². The molecule has 0 aromatic heterocycles. The van der Waals surface area contributed by atoms with Gasteiger partial charge in [-0.3, -0.25) is 4.79 Å². The summed E-state index contributed by atoms with van der Waals surface area (Å²) < 4.78 is 49.2. The Morgan fingerprint density at radius 1 is 1.23 bits per heavy atom. The van der Waals surface area contributed by atoms with Crippen molar-refractivity contribution in [3.8, 4) is 0 Å². The fraction of sp³-hybridized carbons (Fsp3) is 0.533. The molecule has 1 unspecified atom stereocenters. The van der Waals surface area contributed by atoms with Gasteiger partial charge in [0.05, 0.1) is 10.8 Å². The van der Waals surface area contributed by atoms with E-state index in [4.69, 9.17) is 0 Å². The number of hydrogen-bond donors (Lipinski definition) is 1. The van der Waals surface area contributed by atoms with Crippen molar-refractivity contribution < 1.29 is 27.1 Å². The first kappa shape index (κ1) is 16.9. The number of alkyl halides is 2. The molecule has 1 aromatic carbocycles. The lowest BCUT2D eigenvalue weighted by atomic mass is 9.88. The second kappa shape index (κ2) is 6.32. The molecule has 1 aliphatic rings. The zero-order chi connectivity index (χ0) is 16.5. The van der Waals surface area contributed by atoms with Gasteiger partial charge in [-0.1, -0.05) is 12.1 Å². The van der Waals surface area contributed by atoms with Crippen molar-refractivity contribution in [2.24, 2.45) is 5.92 Å². The van der Waals surface area contributed by atoms with Gasteiger partial charge in [-0.15, -0.1) is 0 Å². The Balaban J connectivity index is 2.17. The molecule has 0 heterocycles. The normalized spacial score (nSPS) is 26.8. The van der Waals surface area contributed by atoms with Crippen molar-refractivity contribution in [1.29, 1.82) is 0 Å². The number of carboxylic acids is 1. The van der Waals surface area contributed by atoms with Crippen molar-refractivity contribution in [2.45, 2.75) is 42.4 Å². The van der Waals surface area contributed by atoms with E-state index in [0.717, 1.165) is 6.26 Å². The number of carboxylic acid groups (broad SMARTS) is 1. The summed E-state index contributed by atoms with van der Waals surface area (Å²) in [5.41, 5.74) is 0.442. The molecular weight excluding hydrogens is 314 g/mol. The highest BCUT2D eigenvalue weighted by atomic mass is 32.2. The summed E-state index contributed by atoms with van der Waals surface area (Å²) in [4.78, 5) is 11.5. The SMILES string of the molecule is CS(=O)(=O)c1ccc(C(C[C@@H]2C[C@@H](F)[C@@H](F)C2)C(=O)O)cc1. The average Bonchev–Trinajstić information content (AvgIpc) is 2.74. The maximum atomic E-state index is 13.2. The summed E-state index contributed by atoms with van der Waals surface area (Å²) in [6, 6.07) is 5.60. The van der Waals surface area contributed by atoms with Gasteiger partial charge in [-0.25, -0.2) is 17.2 Å². The van der Waals surface area contributed by atoms with Gasteiger partial charge in [-0.2, -0.15) is 0 Å².